The molecule has 0 aromatic heterocycles. The molecule has 0 aliphatic heterocycles. The normalized spacial score (nSPS) is 9.69. The van der Waals surface area contributed by atoms with E-state index in [9.17, 15) is 4.79 Å². The summed E-state index contributed by atoms with van der Waals surface area (Å²) < 4.78 is 10.6. The lowest BCUT2D eigenvalue weighted by Gasteiger charge is -2.12. The second-order valence-electron chi connectivity index (χ2n) is 3.39. The van der Waals surface area contributed by atoms with E-state index in [0.717, 1.165) is 5.57 Å². The van der Waals surface area contributed by atoms with Crippen molar-refractivity contribution in [2.75, 3.05) is 13.7 Å². The third kappa shape index (κ3) is 3.00. The van der Waals surface area contributed by atoms with E-state index in [0.29, 0.717) is 35.0 Å². The van der Waals surface area contributed by atoms with E-state index >= 15 is 0 Å². The molecule has 0 amide bonds. The highest BCUT2D eigenvalue weighted by Crippen LogP contribution is 2.33. The number of aldehydes is 1. The lowest BCUT2D eigenvalue weighted by atomic mass is 10.2. The predicted molar refractivity (Wildman–Crippen MR) is 63.7 cm³/mol. The van der Waals surface area contributed by atoms with E-state index in [1.165, 1.54) is 13.2 Å². The van der Waals surface area contributed by atoms with Gasteiger partial charge in [-0.2, -0.15) is 0 Å². The zero-order valence-electron chi connectivity index (χ0n) is 9.25. The molecule has 0 spiro atoms. The summed E-state index contributed by atoms with van der Waals surface area (Å²) in [6.07, 6.45) is 0.683. The monoisotopic (exact) mass is 240 g/mol. The second-order valence-corrected chi connectivity index (χ2v) is 3.83. The van der Waals surface area contributed by atoms with Crippen LogP contribution in [0.5, 0.6) is 11.5 Å². The molecule has 0 saturated carbocycles. The molecule has 86 valence electrons. The van der Waals surface area contributed by atoms with Crippen molar-refractivity contribution in [3.63, 3.8) is 0 Å². The lowest BCUT2D eigenvalue weighted by Crippen LogP contribution is -2.02. The Hall–Kier alpha value is -1.48. The molecule has 1 rings (SSSR count). The molecule has 0 fully saturated rings. The SMILES string of the molecule is C=C(C)COc1c(C=O)cc(Cl)cc1OC. The Labute approximate surface area is 99.6 Å². The molecular weight excluding hydrogens is 228 g/mol. The van der Waals surface area contributed by atoms with Gasteiger partial charge in [0.25, 0.3) is 0 Å². The van der Waals surface area contributed by atoms with Gasteiger partial charge in [-0.25, -0.2) is 0 Å². The first kappa shape index (κ1) is 12.6. The van der Waals surface area contributed by atoms with Crippen molar-refractivity contribution in [3.05, 3.63) is 34.9 Å². The van der Waals surface area contributed by atoms with Crippen molar-refractivity contribution in [2.24, 2.45) is 0 Å². The van der Waals surface area contributed by atoms with Gasteiger partial charge < -0.3 is 9.47 Å². The van der Waals surface area contributed by atoms with Crippen LogP contribution < -0.4 is 9.47 Å². The molecule has 0 aliphatic carbocycles. The number of halogens is 1. The van der Waals surface area contributed by atoms with Crippen molar-refractivity contribution < 1.29 is 14.3 Å². The van der Waals surface area contributed by atoms with Crippen molar-refractivity contribution in [1.29, 1.82) is 0 Å². The van der Waals surface area contributed by atoms with Gasteiger partial charge in [0.1, 0.15) is 6.61 Å². The van der Waals surface area contributed by atoms with Gasteiger partial charge in [0, 0.05) is 11.1 Å². The highest BCUT2D eigenvalue weighted by atomic mass is 35.5. The first-order chi connectivity index (χ1) is 7.58. The molecule has 0 bridgehead atoms. The zero-order valence-corrected chi connectivity index (χ0v) is 10.0. The summed E-state index contributed by atoms with van der Waals surface area (Å²) in [5.41, 5.74) is 1.22. The number of benzene rings is 1. The minimum absolute atomic E-state index is 0.332. The molecule has 1 aromatic carbocycles. The predicted octanol–water partition coefficient (Wildman–Crippen LogP) is 3.12. The molecule has 16 heavy (non-hydrogen) atoms. The van der Waals surface area contributed by atoms with Crippen LogP contribution in [-0.2, 0) is 0 Å². The number of hydrogen-bond acceptors (Lipinski definition) is 3. The van der Waals surface area contributed by atoms with Crippen LogP contribution in [0, 0.1) is 0 Å². The molecule has 0 unspecified atom stereocenters. The molecule has 0 atom stereocenters. The molecule has 4 heteroatoms. The first-order valence-electron chi connectivity index (χ1n) is 4.68. The fraction of sp³-hybridized carbons (Fsp3) is 0.250. The van der Waals surface area contributed by atoms with Crippen molar-refractivity contribution in [3.8, 4) is 11.5 Å². The molecule has 0 saturated heterocycles. The van der Waals surface area contributed by atoms with E-state index in [-0.39, 0.29) is 0 Å². The average molecular weight is 241 g/mol. The van der Waals surface area contributed by atoms with Crippen molar-refractivity contribution >= 4 is 17.9 Å². The maximum Gasteiger partial charge on any atom is 0.172 e. The number of carbonyl (C=O) groups is 1. The van der Waals surface area contributed by atoms with Crippen LogP contribution in [0.4, 0.5) is 0 Å². The summed E-state index contributed by atoms with van der Waals surface area (Å²) >= 11 is 5.83. The number of rotatable bonds is 5. The van der Waals surface area contributed by atoms with Gasteiger partial charge >= 0.3 is 0 Å². The summed E-state index contributed by atoms with van der Waals surface area (Å²) in [4.78, 5) is 10.9. The fourth-order valence-electron chi connectivity index (χ4n) is 1.18. The van der Waals surface area contributed by atoms with E-state index in [1.807, 2.05) is 6.92 Å². The van der Waals surface area contributed by atoms with E-state index < -0.39 is 0 Å². The Balaban J connectivity index is 3.11. The topological polar surface area (TPSA) is 35.5 Å². The molecule has 0 N–H and O–H groups in total. The van der Waals surface area contributed by atoms with Crippen molar-refractivity contribution in [2.45, 2.75) is 6.92 Å². The number of hydrogen-bond donors (Lipinski definition) is 0. The molecule has 3 nitrogen and oxygen atoms in total. The summed E-state index contributed by atoms with van der Waals surface area (Å²) in [5.74, 6) is 0.834. The quantitative estimate of drug-likeness (QED) is 0.586. The van der Waals surface area contributed by atoms with Crippen LogP contribution in [0.1, 0.15) is 17.3 Å². The minimum atomic E-state index is 0.332. The minimum Gasteiger partial charge on any atom is -0.493 e. The highest BCUT2D eigenvalue weighted by Gasteiger charge is 2.12. The maximum atomic E-state index is 10.9. The van der Waals surface area contributed by atoms with Gasteiger partial charge in [-0.05, 0) is 18.6 Å². The van der Waals surface area contributed by atoms with Crippen LogP contribution in [0.15, 0.2) is 24.3 Å². The van der Waals surface area contributed by atoms with Crippen LogP contribution in [-0.4, -0.2) is 20.0 Å². The summed E-state index contributed by atoms with van der Waals surface area (Å²) in [5, 5.41) is 0.432. The fourth-order valence-corrected chi connectivity index (χ4v) is 1.39. The zero-order chi connectivity index (χ0) is 12.1. The standard InChI is InChI=1S/C12H13ClO3/c1-8(2)7-16-12-9(6-14)4-10(13)5-11(12)15-3/h4-6H,1,7H2,2-3H3. The Morgan fingerprint density at radius 2 is 2.25 bits per heavy atom. The van der Waals surface area contributed by atoms with E-state index in [4.69, 9.17) is 21.1 Å². The Morgan fingerprint density at radius 3 is 2.75 bits per heavy atom. The first-order valence-corrected chi connectivity index (χ1v) is 5.06. The van der Waals surface area contributed by atoms with Gasteiger partial charge in [0.15, 0.2) is 17.8 Å². The third-order valence-electron chi connectivity index (χ3n) is 1.86. The van der Waals surface area contributed by atoms with Gasteiger partial charge in [0.05, 0.1) is 12.7 Å². The van der Waals surface area contributed by atoms with Crippen LogP contribution in [0.3, 0.4) is 0 Å². The second kappa shape index (κ2) is 5.56. The number of carbonyl (C=O) groups excluding carboxylic acids is 1. The largest absolute Gasteiger partial charge is 0.493 e. The molecule has 0 radical (unpaired) electrons. The van der Waals surface area contributed by atoms with Crippen molar-refractivity contribution in [1.82, 2.24) is 0 Å². The molecule has 1 aromatic rings. The number of ether oxygens (including phenoxy) is 2. The highest BCUT2D eigenvalue weighted by molar-refractivity contribution is 6.31. The van der Waals surface area contributed by atoms with Crippen LogP contribution in [0.25, 0.3) is 0 Å². The summed E-state index contributed by atoms with van der Waals surface area (Å²) in [6, 6.07) is 3.13. The van der Waals surface area contributed by atoms with Gasteiger partial charge in [-0.3, -0.25) is 4.79 Å². The van der Waals surface area contributed by atoms with Crippen LogP contribution in [0.2, 0.25) is 5.02 Å². The Morgan fingerprint density at radius 1 is 1.56 bits per heavy atom. The van der Waals surface area contributed by atoms with Gasteiger partial charge in [-0.15, -0.1) is 0 Å². The summed E-state index contributed by atoms with van der Waals surface area (Å²) in [6.45, 7) is 5.89. The third-order valence-corrected chi connectivity index (χ3v) is 2.08. The smallest absolute Gasteiger partial charge is 0.172 e. The van der Waals surface area contributed by atoms with Crippen LogP contribution >= 0.6 is 11.6 Å². The molecule has 0 aliphatic rings. The average Bonchev–Trinajstić information content (AvgIpc) is 2.25. The Kier molecular flexibility index (Phi) is 4.38. The maximum absolute atomic E-state index is 10.9. The lowest BCUT2D eigenvalue weighted by molar-refractivity contribution is 0.111. The number of methoxy groups -OCH3 is 1. The molecular formula is C12H13ClO3. The molecule has 0 heterocycles. The van der Waals surface area contributed by atoms with Gasteiger partial charge in [0.2, 0.25) is 0 Å². The van der Waals surface area contributed by atoms with E-state index in [1.54, 1.807) is 6.07 Å². The van der Waals surface area contributed by atoms with Gasteiger partial charge in [-0.1, -0.05) is 18.2 Å². The summed E-state index contributed by atoms with van der Waals surface area (Å²) in [7, 11) is 1.49. The Bertz CT molecular complexity index is 413. The van der Waals surface area contributed by atoms with E-state index in [2.05, 4.69) is 6.58 Å².